The van der Waals surface area contributed by atoms with Gasteiger partial charge in [-0.2, -0.15) is 13.2 Å². The van der Waals surface area contributed by atoms with Crippen LogP contribution in [0.1, 0.15) is 5.56 Å². The Morgan fingerprint density at radius 3 is 2.44 bits per heavy atom. The maximum Gasteiger partial charge on any atom is 0.416 e. The molecule has 0 atom stereocenters. The molecule has 0 unspecified atom stereocenters. The zero-order valence-electron chi connectivity index (χ0n) is 13.9. The molecule has 3 heterocycles. The molecule has 4 aromatic rings. The molecule has 0 aliphatic rings. The van der Waals surface area contributed by atoms with E-state index < -0.39 is 11.7 Å². The number of hydrogen-bond acceptors (Lipinski definition) is 4. The zero-order chi connectivity index (χ0) is 18.9. The Kier molecular flexibility index (Phi) is 4.19. The van der Waals surface area contributed by atoms with Crippen molar-refractivity contribution >= 4 is 22.4 Å². The van der Waals surface area contributed by atoms with Gasteiger partial charge in [-0.05, 0) is 42.5 Å². The Hall–Kier alpha value is -3.48. The van der Waals surface area contributed by atoms with E-state index in [9.17, 15) is 13.2 Å². The molecule has 0 bridgehead atoms. The van der Waals surface area contributed by atoms with Crippen molar-refractivity contribution < 1.29 is 13.2 Å². The molecule has 0 spiro atoms. The molecule has 0 radical (unpaired) electrons. The molecule has 0 aliphatic carbocycles. The molecule has 4 rings (SSSR count). The topological polar surface area (TPSA) is 50.7 Å². The summed E-state index contributed by atoms with van der Waals surface area (Å²) in [5.74, 6) is 0. The Labute approximate surface area is 152 Å². The third-order valence-electron chi connectivity index (χ3n) is 4.03. The highest BCUT2D eigenvalue weighted by Crippen LogP contribution is 2.34. The van der Waals surface area contributed by atoms with Gasteiger partial charge in [0.25, 0.3) is 0 Å². The number of aromatic nitrogens is 3. The summed E-state index contributed by atoms with van der Waals surface area (Å²) < 4.78 is 39.2. The van der Waals surface area contributed by atoms with E-state index in [1.807, 2.05) is 6.07 Å². The molecule has 0 aliphatic heterocycles. The van der Waals surface area contributed by atoms with Crippen LogP contribution in [0, 0.1) is 0 Å². The summed E-state index contributed by atoms with van der Waals surface area (Å²) in [5.41, 5.74) is 2.01. The summed E-state index contributed by atoms with van der Waals surface area (Å²) in [4.78, 5) is 12.7. The molecule has 1 aromatic carbocycles. The van der Waals surface area contributed by atoms with Gasteiger partial charge in [-0.15, -0.1) is 0 Å². The third kappa shape index (κ3) is 3.57. The maximum atomic E-state index is 13.1. The van der Waals surface area contributed by atoms with Crippen LogP contribution >= 0.6 is 0 Å². The Bertz CT molecular complexity index is 1100. The van der Waals surface area contributed by atoms with Crippen molar-refractivity contribution in [3.8, 4) is 11.3 Å². The molecule has 0 fully saturated rings. The van der Waals surface area contributed by atoms with E-state index >= 15 is 0 Å². The van der Waals surface area contributed by atoms with Gasteiger partial charge in [-0.3, -0.25) is 4.98 Å². The maximum absolute atomic E-state index is 13.1. The first-order chi connectivity index (χ1) is 13.0. The van der Waals surface area contributed by atoms with Gasteiger partial charge in [0.05, 0.1) is 16.9 Å². The van der Waals surface area contributed by atoms with Crippen molar-refractivity contribution in [2.24, 2.45) is 0 Å². The zero-order valence-corrected chi connectivity index (χ0v) is 13.9. The van der Waals surface area contributed by atoms with E-state index in [0.29, 0.717) is 22.6 Å². The van der Waals surface area contributed by atoms with Crippen molar-refractivity contribution in [1.82, 2.24) is 15.0 Å². The van der Waals surface area contributed by atoms with Crippen LogP contribution in [-0.2, 0) is 6.18 Å². The van der Waals surface area contributed by atoms with E-state index in [-0.39, 0.29) is 0 Å². The van der Waals surface area contributed by atoms with Gasteiger partial charge >= 0.3 is 6.18 Å². The Morgan fingerprint density at radius 2 is 1.67 bits per heavy atom. The first-order valence-electron chi connectivity index (χ1n) is 8.11. The standard InChI is InChI=1S/C20H13F3N4/c21-20(22,23)14-4-1-3-13(11-14)17-12-18(26-15-6-9-24-10-7-15)16-5-2-8-25-19(16)27-17/h1-12H,(H,24,25,26,27). The number of hydrogen-bond donors (Lipinski definition) is 1. The fourth-order valence-corrected chi connectivity index (χ4v) is 2.75. The summed E-state index contributed by atoms with van der Waals surface area (Å²) in [6.45, 7) is 0. The van der Waals surface area contributed by atoms with E-state index in [1.54, 1.807) is 48.9 Å². The Balaban J connectivity index is 1.85. The summed E-state index contributed by atoms with van der Waals surface area (Å²) in [6.07, 6.45) is 0.486. The van der Waals surface area contributed by atoms with E-state index in [2.05, 4.69) is 20.3 Å². The van der Waals surface area contributed by atoms with Gasteiger partial charge in [0.15, 0.2) is 5.65 Å². The van der Waals surface area contributed by atoms with Crippen LogP contribution in [0.2, 0.25) is 0 Å². The van der Waals surface area contributed by atoms with Crippen LogP contribution < -0.4 is 5.32 Å². The number of nitrogens with one attached hydrogen (secondary N) is 1. The lowest BCUT2D eigenvalue weighted by molar-refractivity contribution is -0.137. The summed E-state index contributed by atoms with van der Waals surface area (Å²) in [7, 11) is 0. The van der Waals surface area contributed by atoms with E-state index in [1.165, 1.54) is 6.07 Å². The number of alkyl halides is 3. The van der Waals surface area contributed by atoms with Gasteiger partial charge in [-0.1, -0.05) is 12.1 Å². The quantitative estimate of drug-likeness (QED) is 0.523. The molecule has 0 amide bonds. The number of pyridine rings is 3. The minimum atomic E-state index is -4.41. The van der Waals surface area contributed by atoms with Crippen molar-refractivity contribution in [2.75, 3.05) is 5.32 Å². The van der Waals surface area contributed by atoms with E-state index in [4.69, 9.17) is 0 Å². The lowest BCUT2D eigenvalue weighted by Gasteiger charge is -2.13. The number of halogens is 3. The number of benzene rings is 1. The molecule has 3 aromatic heterocycles. The molecule has 134 valence electrons. The molecule has 0 saturated heterocycles. The summed E-state index contributed by atoms with van der Waals surface area (Å²) in [6, 6.07) is 14.1. The van der Waals surface area contributed by atoms with Gasteiger partial charge in [0.2, 0.25) is 0 Å². The fourth-order valence-electron chi connectivity index (χ4n) is 2.75. The third-order valence-corrected chi connectivity index (χ3v) is 4.03. The lowest BCUT2D eigenvalue weighted by atomic mass is 10.1. The molecule has 1 N–H and O–H groups in total. The van der Waals surface area contributed by atoms with E-state index in [0.717, 1.165) is 23.2 Å². The second kappa shape index (κ2) is 6.68. The van der Waals surface area contributed by atoms with Gasteiger partial charge in [-0.25, -0.2) is 9.97 Å². The number of fused-ring (bicyclic) bond motifs is 1. The lowest BCUT2D eigenvalue weighted by Crippen LogP contribution is -2.04. The van der Waals surface area contributed by atoms with Crippen LogP contribution in [0.25, 0.3) is 22.3 Å². The van der Waals surface area contributed by atoms with Crippen LogP contribution in [0.4, 0.5) is 24.5 Å². The number of anilines is 2. The predicted molar refractivity (Wildman–Crippen MR) is 97.5 cm³/mol. The summed E-state index contributed by atoms with van der Waals surface area (Å²) >= 11 is 0. The first kappa shape index (κ1) is 17.0. The SMILES string of the molecule is FC(F)(F)c1cccc(-c2cc(Nc3ccncc3)c3cccnc3n2)c1. The van der Waals surface area contributed by atoms with Crippen LogP contribution in [0.15, 0.2) is 73.2 Å². The van der Waals surface area contributed by atoms with Crippen molar-refractivity contribution in [3.63, 3.8) is 0 Å². The monoisotopic (exact) mass is 366 g/mol. The second-order valence-electron chi connectivity index (χ2n) is 5.87. The highest BCUT2D eigenvalue weighted by atomic mass is 19.4. The van der Waals surface area contributed by atoms with Gasteiger partial charge < -0.3 is 5.32 Å². The number of rotatable bonds is 3. The van der Waals surface area contributed by atoms with Crippen molar-refractivity contribution in [3.05, 3.63) is 78.8 Å². The van der Waals surface area contributed by atoms with Gasteiger partial charge in [0, 0.05) is 35.2 Å². The first-order valence-corrected chi connectivity index (χ1v) is 8.11. The van der Waals surface area contributed by atoms with Crippen LogP contribution in [-0.4, -0.2) is 15.0 Å². The fraction of sp³-hybridized carbons (Fsp3) is 0.0500. The highest BCUT2D eigenvalue weighted by Gasteiger charge is 2.30. The van der Waals surface area contributed by atoms with Crippen molar-refractivity contribution in [1.29, 1.82) is 0 Å². The average Bonchev–Trinajstić information content (AvgIpc) is 2.68. The van der Waals surface area contributed by atoms with Crippen LogP contribution in [0.3, 0.4) is 0 Å². The second-order valence-corrected chi connectivity index (χ2v) is 5.87. The summed E-state index contributed by atoms with van der Waals surface area (Å²) in [5, 5.41) is 4.03. The molecule has 4 nitrogen and oxygen atoms in total. The molecule has 27 heavy (non-hydrogen) atoms. The van der Waals surface area contributed by atoms with Gasteiger partial charge in [0.1, 0.15) is 0 Å². The normalized spacial score (nSPS) is 11.5. The van der Waals surface area contributed by atoms with Crippen LogP contribution in [0.5, 0.6) is 0 Å². The smallest absolute Gasteiger partial charge is 0.355 e. The number of nitrogens with zero attached hydrogens (tertiary/aromatic N) is 3. The Morgan fingerprint density at radius 1 is 0.852 bits per heavy atom. The highest BCUT2D eigenvalue weighted by molar-refractivity contribution is 5.93. The molecular formula is C20H13F3N4. The largest absolute Gasteiger partial charge is 0.416 e. The molecule has 7 heteroatoms. The average molecular weight is 366 g/mol. The van der Waals surface area contributed by atoms with Crippen molar-refractivity contribution in [2.45, 2.75) is 6.18 Å². The predicted octanol–water partition coefficient (Wildman–Crippen LogP) is 5.45. The molecular weight excluding hydrogens is 353 g/mol. The minimum Gasteiger partial charge on any atom is -0.355 e. The minimum absolute atomic E-state index is 0.371. The molecule has 0 saturated carbocycles.